The average molecular weight is 514 g/mol. The van der Waals surface area contributed by atoms with Gasteiger partial charge >= 0.3 is 6.09 Å². The predicted molar refractivity (Wildman–Crippen MR) is 131 cm³/mol. The summed E-state index contributed by atoms with van der Waals surface area (Å²) < 4.78 is 39.8. The zero-order valence-electron chi connectivity index (χ0n) is 21.4. The van der Waals surface area contributed by atoms with E-state index in [1.807, 2.05) is 27.7 Å². The van der Waals surface area contributed by atoms with Crippen molar-refractivity contribution in [3.05, 3.63) is 40.3 Å². The monoisotopic (exact) mass is 513 g/mol. The van der Waals surface area contributed by atoms with Crippen molar-refractivity contribution < 1.29 is 23.0 Å². The number of amides is 1. The molecule has 2 aromatic heterocycles. The number of aromatic nitrogens is 4. The molecule has 196 valence electrons. The summed E-state index contributed by atoms with van der Waals surface area (Å²) in [6.07, 6.45) is -1.69. The minimum Gasteiger partial charge on any atom is -0.496 e. The number of fused-ring (bicyclic) bond motifs is 1. The Morgan fingerprint density at radius 1 is 1.32 bits per heavy atom. The van der Waals surface area contributed by atoms with Crippen LogP contribution in [-0.2, 0) is 17.7 Å². The molecule has 12 heteroatoms. The van der Waals surface area contributed by atoms with Gasteiger partial charge in [-0.25, -0.2) is 28.2 Å². The van der Waals surface area contributed by atoms with E-state index >= 15 is 0 Å². The summed E-state index contributed by atoms with van der Waals surface area (Å²) in [4.78, 5) is 22.0. The summed E-state index contributed by atoms with van der Waals surface area (Å²) in [6.45, 7) is 8.34. The Labute approximate surface area is 213 Å². The van der Waals surface area contributed by atoms with Gasteiger partial charge in [-0.1, -0.05) is 0 Å². The Kier molecular flexibility index (Phi) is 6.90. The van der Waals surface area contributed by atoms with E-state index < -0.39 is 23.8 Å². The normalized spacial score (nSPS) is 14.1. The average Bonchev–Trinajstić information content (AvgIpc) is 3.17. The first-order valence-electron chi connectivity index (χ1n) is 11.8. The highest BCUT2D eigenvalue weighted by molar-refractivity contribution is 5.88. The quantitative estimate of drug-likeness (QED) is 0.521. The Morgan fingerprint density at radius 3 is 2.62 bits per heavy atom. The van der Waals surface area contributed by atoms with Crippen molar-refractivity contribution in [1.29, 1.82) is 5.26 Å². The van der Waals surface area contributed by atoms with Crippen LogP contribution in [0.1, 0.15) is 61.1 Å². The van der Waals surface area contributed by atoms with E-state index in [0.29, 0.717) is 30.8 Å². The lowest BCUT2D eigenvalue weighted by Crippen LogP contribution is -2.50. The van der Waals surface area contributed by atoms with Gasteiger partial charge in [0.1, 0.15) is 29.2 Å². The number of hydrogen-bond acceptors (Lipinski definition) is 8. The van der Waals surface area contributed by atoms with Gasteiger partial charge < -0.3 is 20.1 Å². The summed E-state index contributed by atoms with van der Waals surface area (Å²) in [6, 6.07) is 3.97. The van der Waals surface area contributed by atoms with Crippen molar-refractivity contribution in [3.63, 3.8) is 0 Å². The van der Waals surface area contributed by atoms with Crippen LogP contribution in [0.3, 0.4) is 0 Å². The second kappa shape index (κ2) is 9.80. The van der Waals surface area contributed by atoms with E-state index in [-0.39, 0.29) is 29.3 Å². The van der Waals surface area contributed by atoms with Crippen molar-refractivity contribution in [1.82, 2.24) is 24.6 Å². The van der Waals surface area contributed by atoms with Gasteiger partial charge in [-0.15, -0.1) is 0 Å². The van der Waals surface area contributed by atoms with Crippen molar-refractivity contribution in [3.8, 4) is 11.8 Å². The number of nitriles is 1. The molecule has 3 aromatic rings. The number of ether oxygens (including phenoxy) is 2. The van der Waals surface area contributed by atoms with Crippen LogP contribution in [0.25, 0.3) is 11.0 Å². The lowest BCUT2D eigenvalue weighted by molar-refractivity contribution is 0.00793. The van der Waals surface area contributed by atoms with Gasteiger partial charge in [0, 0.05) is 31.1 Å². The van der Waals surface area contributed by atoms with Crippen LogP contribution in [0.5, 0.6) is 5.75 Å². The standard InChI is InChI=1S/C25H29F2N7O3/c1-13-15(9-28)8-14(6-7-34-23-18(19(32-34)21(26)27)22(29)30-12-31-23)20(36-5)17(13)16-10-33(11-16)24(35)37-25(2,3)4/h8,12,16,21H,6-7,10-11H2,1-5H3,(H2,29,30,31). The predicted octanol–water partition coefficient (Wildman–Crippen LogP) is 4.11. The van der Waals surface area contributed by atoms with E-state index in [2.05, 4.69) is 21.1 Å². The lowest BCUT2D eigenvalue weighted by Gasteiger charge is -2.41. The number of likely N-dealkylation sites (tertiary alicyclic amines) is 1. The van der Waals surface area contributed by atoms with Gasteiger partial charge in [0.15, 0.2) is 5.65 Å². The highest BCUT2D eigenvalue weighted by atomic mass is 19.3. The first kappa shape index (κ1) is 26.1. The Balaban J connectivity index is 1.64. The van der Waals surface area contributed by atoms with Crippen LogP contribution in [0.15, 0.2) is 12.4 Å². The fraction of sp³-hybridized carbons (Fsp3) is 0.480. The van der Waals surface area contributed by atoms with Gasteiger partial charge in [-0.2, -0.15) is 10.4 Å². The number of alkyl halides is 2. The molecule has 1 saturated heterocycles. The molecule has 0 radical (unpaired) electrons. The minimum absolute atomic E-state index is 0.0310. The zero-order chi connectivity index (χ0) is 27.1. The minimum atomic E-state index is -2.84. The Bertz CT molecular complexity index is 1390. The number of anilines is 1. The number of carbonyl (C=O) groups excluding carboxylic acids is 1. The summed E-state index contributed by atoms with van der Waals surface area (Å²) in [5.74, 6) is 0.496. The molecule has 0 atom stereocenters. The molecule has 0 bridgehead atoms. The van der Waals surface area contributed by atoms with E-state index in [1.54, 1.807) is 18.1 Å². The number of hydrogen-bond donors (Lipinski definition) is 1. The van der Waals surface area contributed by atoms with Crippen LogP contribution < -0.4 is 10.5 Å². The molecule has 1 aliphatic rings. The smallest absolute Gasteiger partial charge is 0.410 e. The molecule has 37 heavy (non-hydrogen) atoms. The lowest BCUT2D eigenvalue weighted by atomic mass is 9.84. The molecule has 0 saturated carbocycles. The summed E-state index contributed by atoms with van der Waals surface area (Å²) in [7, 11) is 1.55. The highest BCUT2D eigenvalue weighted by Crippen LogP contribution is 2.40. The third kappa shape index (κ3) is 4.98. The Morgan fingerprint density at radius 2 is 2.03 bits per heavy atom. The number of nitrogens with two attached hydrogens (primary N) is 1. The molecule has 1 aliphatic heterocycles. The summed E-state index contributed by atoms with van der Waals surface area (Å²) >= 11 is 0. The van der Waals surface area contributed by atoms with Crippen LogP contribution in [0.4, 0.5) is 19.4 Å². The molecule has 0 aliphatic carbocycles. The fourth-order valence-electron chi connectivity index (χ4n) is 4.60. The maximum atomic E-state index is 13.6. The van der Waals surface area contributed by atoms with Crippen LogP contribution in [0.2, 0.25) is 0 Å². The molecular weight excluding hydrogens is 484 g/mol. The molecule has 3 heterocycles. The van der Waals surface area contributed by atoms with Crippen LogP contribution in [-0.4, -0.2) is 56.5 Å². The molecule has 4 rings (SSSR count). The van der Waals surface area contributed by atoms with E-state index in [0.717, 1.165) is 16.7 Å². The third-order valence-corrected chi connectivity index (χ3v) is 6.31. The van der Waals surface area contributed by atoms with Crippen molar-refractivity contribution in [2.45, 2.75) is 58.6 Å². The molecule has 10 nitrogen and oxygen atoms in total. The molecule has 1 fully saturated rings. The molecular formula is C25H29F2N7O3. The van der Waals surface area contributed by atoms with Gasteiger partial charge in [0.05, 0.1) is 24.1 Å². The van der Waals surface area contributed by atoms with Crippen molar-refractivity contribution in [2.24, 2.45) is 0 Å². The SMILES string of the molecule is COc1c(CCn2nc(C(F)F)c3c(N)ncnc32)cc(C#N)c(C)c1C1CN(C(=O)OC(C)(C)C)C1. The van der Waals surface area contributed by atoms with Crippen molar-refractivity contribution in [2.75, 3.05) is 25.9 Å². The maximum absolute atomic E-state index is 13.6. The van der Waals surface area contributed by atoms with Crippen LogP contribution in [0, 0.1) is 18.3 Å². The molecule has 2 N–H and O–H groups in total. The topological polar surface area (TPSA) is 132 Å². The van der Waals surface area contributed by atoms with Gasteiger partial charge in [0.2, 0.25) is 0 Å². The number of halogens is 2. The highest BCUT2D eigenvalue weighted by Gasteiger charge is 2.38. The summed E-state index contributed by atoms with van der Waals surface area (Å²) in [5.41, 5.74) is 7.79. The van der Waals surface area contributed by atoms with Crippen LogP contribution >= 0.6 is 0 Å². The Hall–Kier alpha value is -4.01. The number of carbonyl (C=O) groups is 1. The fourth-order valence-corrected chi connectivity index (χ4v) is 4.60. The van der Waals surface area contributed by atoms with Gasteiger partial charge in [-0.3, -0.25) is 0 Å². The maximum Gasteiger partial charge on any atom is 0.410 e. The first-order chi connectivity index (χ1) is 17.4. The first-order valence-corrected chi connectivity index (χ1v) is 11.8. The second-order valence-corrected chi connectivity index (χ2v) is 9.97. The zero-order valence-corrected chi connectivity index (χ0v) is 21.4. The number of nitrogen functional groups attached to an aromatic ring is 1. The number of methoxy groups -OCH3 is 1. The number of nitrogens with zero attached hydrogens (tertiary/aromatic N) is 6. The molecule has 1 amide bonds. The largest absolute Gasteiger partial charge is 0.496 e. The van der Waals surface area contributed by atoms with Crippen molar-refractivity contribution >= 4 is 22.9 Å². The van der Waals surface area contributed by atoms with Gasteiger partial charge in [0.25, 0.3) is 6.43 Å². The molecule has 0 unspecified atom stereocenters. The number of benzene rings is 1. The number of rotatable bonds is 6. The van der Waals surface area contributed by atoms with E-state index in [1.165, 1.54) is 11.0 Å². The second-order valence-electron chi connectivity index (χ2n) is 9.97. The third-order valence-electron chi connectivity index (χ3n) is 6.31. The molecule has 1 aromatic carbocycles. The molecule has 0 spiro atoms. The van der Waals surface area contributed by atoms with E-state index in [4.69, 9.17) is 15.2 Å². The van der Waals surface area contributed by atoms with E-state index in [9.17, 15) is 18.8 Å². The van der Waals surface area contributed by atoms with Gasteiger partial charge in [-0.05, 0) is 51.3 Å². The number of aryl methyl sites for hydroxylation is 2. The summed E-state index contributed by atoms with van der Waals surface area (Å²) in [5, 5.41) is 13.9.